The van der Waals surface area contributed by atoms with Crippen LogP contribution in [0.15, 0.2) is 12.2 Å². The summed E-state index contributed by atoms with van der Waals surface area (Å²) in [6.45, 7) is 2.16. The summed E-state index contributed by atoms with van der Waals surface area (Å²) < 4.78 is 0. The van der Waals surface area contributed by atoms with E-state index in [1.54, 1.807) is 0 Å². The Kier molecular flexibility index (Phi) is 9.16. The number of unbranched alkanes of at least 4 members (excludes halogenated alkanes) is 3. The molecule has 0 saturated heterocycles. The highest BCUT2D eigenvalue weighted by Crippen LogP contribution is 2.48. The predicted octanol–water partition coefficient (Wildman–Crippen LogP) is 4.26. The Hall–Kier alpha value is -1.20. The van der Waals surface area contributed by atoms with Gasteiger partial charge >= 0.3 is 5.97 Å². The molecule has 0 aromatic carbocycles. The highest BCUT2D eigenvalue weighted by Gasteiger charge is 2.42. The van der Waals surface area contributed by atoms with Crippen LogP contribution >= 0.6 is 0 Å². The highest BCUT2D eigenvalue weighted by molar-refractivity contribution is 5.84. The smallest absolute Gasteiger partial charge is 0.303 e. The van der Waals surface area contributed by atoms with Gasteiger partial charge in [-0.25, -0.2) is 0 Å². The van der Waals surface area contributed by atoms with Gasteiger partial charge in [0.25, 0.3) is 0 Å². The first-order valence-electron chi connectivity index (χ1n) is 11.2. The van der Waals surface area contributed by atoms with Crippen LogP contribution in [0.1, 0.15) is 90.4 Å². The summed E-state index contributed by atoms with van der Waals surface area (Å²) in [6.07, 6.45) is 13.7. The first-order valence-corrected chi connectivity index (χ1v) is 11.2. The lowest BCUT2D eigenvalue weighted by Crippen LogP contribution is -2.41. The Morgan fingerprint density at radius 3 is 2.57 bits per heavy atom. The van der Waals surface area contributed by atoms with Gasteiger partial charge in [-0.15, -0.1) is 0 Å². The summed E-state index contributed by atoms with van der Waals surface area (Å²) in [7, 11) is 0. The number of carbonyl (C=O) groups excluding carboxylic acids is 1. The summed E-state index contributed by atoms with van der Waals surface area (Å²) in [5.41, 5.74) is 0.0819. The second-order valence-corrected chi connectivity index (χ2v) is 8.91. The zero-order valence-corrected chi connectivity index (χ0v) is 17.3. The van der Waals surface area contributed by atoms with Gasteiger partial charge in [0.2, 0.25) is 0 Å². The maximum absolute atomic E-state index is 12.3. The first-order chi connectivity index (χ1) is 13.4. The van der Waals surface area contributed by atoms with Gasteiger partial charge in [0, 0.05) is 24.7 Å². The van der Waals surface area contributed by atoms with Crippen LogP contribution in [-0.2, 0) is 9.59 Å². The highest BCUT2D eigenvalue weighted by atomic mass is 16.4. The van der Waals surface area contributed by atoms with Crippen LogP contribution in [0.3, 0.4) is 0 Å². The van der Waals surface area contributed by atoms with E-state index in [2.05, 4.69) is 6.92 Å². The fourth-order valence-electron chi connectivity index (χ4n) is 5.08. The van der Waals surface area contributed by atoms with Gasteiger partial charge in [-0.1, -0.05) is 51.2 Å². The number of hydrogen-bond donors (Lipinski definition) is 3. The van der Waals surface area contributed by atoms with Crippen molar-refractivity contribution < 1.29 is 24.9 Å². The molecular weight excluding hydrogens is 356 g/mol. The number of Topliss-reactive ketones (excluding diaryl/α,β-unsaturated/α-hetero) is 1. The number of hydrogen-bond acceptors (Lipinski definition) is 4. The SMILES string of the molecule is CCCC1(C(O)C/C=C/[C@H]2C(O)CC(=O)C2CCCCCCC(=O)O)CCC1. The molecule has 2 aliphatic rings. The lowest BCUT2D eigenvalue weighted by molar-refractivity contribution is -0.137. The van der Waals surface area contributed by atoms with Crippen molar-refractivity contribution in [1.29, 1.82) is 0 Å². The number of carboxylic acids is 1. The average molecular weight is 395 g/mol. The third-order valence-electron chi connectivity index (χ3n) is 6.91. The Labute approximate surface area is 169 Å². The molecule has 0 spiro atoms. The largest absolute Gasteiger partial charge is 0.481 e. The van der Waals surface area contributed by atoms with Crippen molar-refractivity contribution in [3.8, 4) is 0 Å². The van der Waals surface area contributed by atoms with E-state index in [0.29, 0.717) is 12.8 Å². The predicted molar refractivity (Wildman–Crippen MR) is 109 cm³/mol. The number of aliphatic hydroxyl groups is 2. The van der Waals surface area contributed by atoms with Crippen LogP contribution in [0, 0.1) is 17.3 Å². The standard InChI is InChI=1S/C23H38O5/c1-2-13-23(14-8-15-23)21(26)11-7-10-18-17(19(24)16-20(18)25)9-5-3-4-6-12-22(27)28/h7,10,17-18,20-21,25-26H,2-6,8-9,11-16H2,1H3,(H,27,28)/b10-7+/t17?,18-,20?,21?/m1/s1. The van der Waals surface area contributed by atoms with Crippen LogP contribution in [0.5, 0.6) is 0 Å². The molecule has 2 saturated carbocycles. The van der Waals surface area contributed by atoms with Crippen LogP contribution in [0.25, 0.3) is 0 Å². The van der Waals surface area contributed by atoms with Gasteiger partial charge in [0.15, 0.2) is 0 Å². The molecule has 0 heterocycles. The van der Waals surface area contributed by atoms with Crippen LogP contribution < -0.4 is 0 Å². The molecule has 3 N–H and O–H groups in total. The summed E-state index contributed by atoms with van der Waals surface area (Å²) >= 11 is 0. The van der Waals surface area contributed by atoms with Gasteiger partial charge in [0.1, 0.15) is 5.78 Å². The third kappa shape index (κ3) is 6.15. The normalized spacial score (nSPS) is 27.8. The van der Waals surface area contributed by atoms with Crippen molar-refractivity contribution in [3.05, 3.63) is 12.2 Å². The quantitative estimate of drug-likeness (QED) is 0.320. The number of aliphatic hydroxyl groups excluding tert-OH is 2. The molecule has 0 radical (unpaired) electrons. The van der Waals surface area contributed by atoms with E-state index in [0.717, 1.165) is 51.4 Å². The summed E-state index contributed by atoms with van der Waals surface area (Å²) in [5.74, 6) is -0.919. The lowest BCUT2D eigenvalue weighted by atomic mass is 9.62. The van der Waals surface area contributed by atoms with Crippen molar-refractivity contribution in [1.82, 2.24) is 0 Å². The maximum atomic E-state index is 12.3. The zero-order valence-electron chi connectivity index (χ0n) is 17.3. The van der Waals surface area contributed by atoms with Crippen molar-refractivity contribution in [2.75, 3.05) is 0 Å². The lowest BCUT2D eigenvalue weighted by Gasteiger charge is -2.45. The number of aliphatic carboxylic acids is 1. The average Bonchev–Trinajstić information content (AvgIpc) is 2.87. The van der Waals surface area contributed by atoms with E-state index in [4.69, 9.17) is 5.11 Å². The second kappa shape index (κ2) is 11.1. The number of ketones is 1. The molecule has 160 valence electrons. The Morgan fingerprint density at radius 2 is 1.96 bits per heavy atom. The Morgan fingerprint density at radius 1 is 1.25 bits per heavy atom. The zero-order chi connectivity index (χ0) is 20.6. The number of carboxylic acid groups (broad SMARTS) is 1. The molecule has 5 nitrogen and oxygen atoms in total. The summed E-state index contributed by atoms with van der Waals surface area (Å²) in [6, 6.07) is 0. The van der Waals surface area contributed by atoms with Crippen molar-refractivity contribution >= 4 is 11.8 Å². The van der Waals surface area contributed by atoms with E-state index >= 15 is 0 Å². The molecule has 0 amide bonds. The molecule has 28 heavy (non-hydrogen) atoms. The van der Waals surface area contributed by atoms with Crippen LogP contribution in [0.2, 0.25) is 0 Å². The maximum Gasteiger partial charge on any atom is 0.303 e. The summed E-state index contributed by atoms with van der Waals surface area (Å²) in [5, 5.41) is 29.6. The molecule has 2 rings (SSSR count). The Bertz CT molecular complexity index is 537. The van der Waals surface area contributed by atoms with E-state index in [9.17, 15) is 19.8 Å². The Balaban J connectivity index is 1.79. The summed E-state index contributed by atoms with van der Waals surface area (Å²) in [4.78, 5) is 22.8. The molecular formula is C23H38O5. The minimum absolute atomic E-state index is 0.0819. The van der Waals surface area contributed by atoms with Crippen molar-refractivity contribution in [2.24, 2.45) is 17.3 Å². The topological polar surface area (TPSA) is 94.8 Å². The van der Waals surface area contributed by atoms with Gasteiger partial charge in [-0.05, 0) is 43.9 Å². The van der Waals surface area contributed by atoms with Gasteiger partial charge in [-0.2, -0.15) is 0 Å². The molecule has 0 bridgehead atoms. The van der Waals surface area contributed by atoms with Gasteiger partial charge in [-0.3, -0.25) is 9.59 Å². The fraction of sp³-hybridized carbons (Fsp3) is 0.826. The monoisotopic (exact) mass is 394 g/mol. The molecule has 0 aromatic rings. The number of carbonyl (C=O) groups is 2. The van der Waals surface area contributed by atoms with E-state index < -0.39 is 12.1 Å². The van der Waals surface area contributed by atoms with Crippen molar-refractivity contribution in [3.63, 3.8) is 0 Å². The molecule has 4 atom stereocenters. The van der Waals surface area contributed by atoms with E-state index in [1.165, 1.54) is 6.42 Å². The fourth-order valence-corrected chi connectivity index (χ4v) is 5.08. The van der Waals surface area contributed by atoms with Crippen molar-refractivity contribution in [2.45, 2.75) is 103 Å². The minimum atomic E-state index is -0.760. The molecule has 2 aliphatic carbocycles. The molecule has 2 fully saturated rings. The third-order valence-corrected chi connectivity index (χ3v) is 6.91. The van der Waals surface area contributed by atoms with Crippen LogP contribution in [-0.4, -0.2) is 39.3 Å². The molecule has 0 aromatic heterocycles. The second-order valence-electron chi connectivity index (χ2n) is 8.91. The van der Waals surface area contributed by atoms with E-state index in [-0.39, 0.29) is 42.0 Å². The number of rotatable bonds is 13. The van der Waals surface area contributed by atoms with Gasteiger partial charge in [0.05, 0.1) is 12.2 Å². The molecule has 5 heteroatoms. The van der Waals surface area contributed by atoms with Crippen LogP contribution in [0.4, 0.5) is 0 Å². The van der Waals surface area contributed by atoms with Gasteiger partial charge < -0.3 is 15.3 Å². The first kappa shape index (κ1) is 23.1. The molecule has 0 aliphatic heterocycles. The molecule has 3 unspecified atom stereocenters. The minimum Gasteiger partial charge on any atom is -0.481 e. The van der Waals surface area contributed by atoms with E-state index in [1.807, 2.05) is 12.2 Å².